The minimum absolute atomic E-state index is 0.0234. The summed E-state index contributed by atoms with van der Waals surface area (Å²) in [5.74, 6) is 0.101. The molecular formula is C25H31N3O2. The van der Waals surface area contributed by atoms with Crippen LogP contribution in [0.4, 0.5) is 0 Å². The van der Waals surface area contributed by atoms with Gasteiger partial charge in [-0.3, -0.25) is 9.59 Å². The zero-order valence-corrected chi connectivity index (χ0v) is 18.1. The Balaban J connectivity index is 1.64. The Morgan fingerprint density at radius 1 is 1.20 bits per heavy atom. The third-order valence-electron chi connectivity index (χ3n) is 5.92. The number of allylic oxidation sites excluding steroid dienone is 2. The molecule has 0 unspecified atom stereocenters. The van der Waals surface area contributed by atoms with E-state index >= 15 is 0 Å². The van der Waals surface area contributed by atoms with Gasteiger partial charge in [0.2, 0.25) is 5.91 Å². The molecule has 2 N–H and O–H groups in total. The van der Waals surface area contributed by atoms with Gasteiger partial charge in [0.05, 0.1) is 0 Å². The summed E-state index contributed by atoms with van der Waals surface area (Å²) in [6, 6.07) is 10.0. The molecule has 5 heteroatoms. The number of aromatic amines is 1. The van der Waals surface area contributed by atoms with Crippen molar-refractivity contribution >= 4 is 30.0 Å². The van der Waals surface area contributed by atoms with E-state index in [1.165, 1.54) is 0 Å². The zero-order valence-electron chi connectivity index (χ0n) is 18.1. The fraction of sp³-hybridized carbons (Fsp3) is 0.360. The summed E-state index contributed by atoms with van der Waals surface area (Å²) in [5.41, 5.74) is 2.87. The summed E-state index contributed by atoms with van der Waals surface area (Å²) in [5, 5.41) is 5.00. The number of carbonyl (C=O) groups excluding carboxylic acids is 2. The van der Waals surface area contributed by atoms with Gasteiger partial charge < -0.3 is 15.2 Å². The van der Waals surface area contributed by atoms with E-state index in [-0.39, 0.29) is 23.9 Å². The second-order valence-corrected chi connectivity index (χ2v) is 8.01. The Hall–Kier alpha value is -3.08. The van der Waals surface area contributed by atoms with Crippen LogP contribution in [0.15, 0.2) is 42.6 Å². The van der Waals surface area contributed by atoms with Gasteiger partial charge in [-0.15, -0.1) is 0 Å². The van der Waals surface area contributed by atoms with E-state index < -0.39 is 0 Å². The maximum atomic E-state index is 12.9. The fourth-order valence-electron chi connectivity index (χ4n) is 3.89. The summed E-state index contributed by atoms with van der Waals surface area (Å²) in [7, 11) is 1.86. The monoisotopic (exact) mass is 405 g/mol. The third kappa shape index (κ3) is 5.09. The lowest BCUT2D eigenvalue weighted by atomic mass is 10.0. The second kappa shape index (κ2) is 9.61. The third-order valence-corrected chi connectivity index (χ3v) is 5.92. The lowest BCUT2D eigenvalue weighted by Crippen LogP contribution is -2.38. The van der Waals surface area contributed by atoms with E-state index in [2.05, 4.69) is 23.8 Å². The molecule has 30 heavy (non-hydrogen) atoms. The lowest BCUT2D eigenvalue weighted by Gasteiger charge is -2.25. The largest absolute Gasteiger partial charge is 0.361 e. The summed E-state index contributed by atoms with van der Waals surface area (Å²) in [6.07, 6.45) is 9.08. The lowest BCUT2D eigenvalue weighted by molar-refractivity contribution is -0.121. The fourth-order valence-corrected chi connectivity index (χ4v) is 3.89. The number of amides is 2. The Morgan fingerprint density at radius 3 is 2.53 bits per heavy atom. The first-order valence-electron chi connectivity index (χ1n) is 10.6. The van der Waals surface area contributed by atoms with Crippen LogP contribution in [0.2, 0.25) is 0 Å². The minimum atomic E-state index is 0.0234. The first-order chi connectivity index (χ1) is 14.4. The smallest absolute Gasteiger partial charge is 0.253 e. The highest BCUT2D eigenvalue weighted by molar-refractivity contribution is 5.94. The van der Waals surface area contributed by atoms with E-state index in [9.17, 15) is 9.59 Å². The van der Waals surface area contributed by atoms with Crippen molar-refractivity contribution in [2.24, 2.45) is 0 Å². The highest BCUT2D eigenvalue weighted by Crippen LogP contribution is 2.25. The molecule has 1 aromatic heterocycles. The van der Waals surface area contributed by atoms with Crippen molar-refractivity contribution in [1.29, 1.82) is 0 Å². The second-order valence-electron chi connectivity index (χ2n) is 8.01. The summed E-state index contributed by atoms with van der Waals surface area (Å²) < 4.78 is 0. The molecule has 0 spiro atoms. The molecule has 1 fully saturated rings. The molecule has 0 aliphatic heterocycles. The topological polar surface area (TPSA) is 65.2 Å². The molecule has 2 amide bonds. The number of aromatic nitrogens is 1. The van der Waals surface area contributed by atoms with Crippen molar-refractivity contribution in [3.05, 3.63) is 64.3 Å². The van der Waals surface area contributed by atoms with Gasteiger partial charge in [0.15, 0.2) is 0 Å². The molecule has 1 aromatic carbocycles. The number of rotatable bonds is 6. The molecular weight excluding hydrogens is 374 g/mol. The Labute approximate surface area is 178 Å². The SMILES string of the molecule is C=c1cc[nH]/c1=C/C=C(\C)c1ccc(C(=O)N(C)[C@@H]2CC[C@H](NC(=O)CC)C2)cc1. The molecule has 1 heterocycles. The highest BCUT2D eigenvalue weighted by Gasteiger charge is 2.30. The first-order valence-corrected chi connectivity index (χ1v) is 10.6. The van der Waals surface area contributed by atoms with E-state index in [0.29, 0.717) is 12.0 Å². The van der Waals surface area contributed by atoms with Crippen molar-refractivity contribution in [1.82, 2.24) is 15.2 Å². The summed E-state index contributed by atoms with van der Waals surface area (Å²) >= 11 is 0. The van der Waals surface area contributed by atoms with Crippen LogP contribution in [0, 0.1) is 0 Å². The normalized spacial score (nSPS) is 19.7. The van der Waals surface area contributed by atoms with Gasteiger partial charge in [0.25, 0.3) is 5.91 Å². The Bertz CT molecular complexity index is 1030. The van der Waals surface area contributed by atoms with E-state index in [1.807, 2.05) is 67.6 Å². The van der Waals surface area contributed by atoms with Crippen LogP contribution in [0.3, 0.4) is 0 Å². The first kappa shape index (κ1) is 21.6. The molecule has 2 aromatic rings. The van der Waals surface area contributed by atoms with Crippen LogP contribution in [0.1, 0.15) is 55.5 Å². The van der Waals surface area contributed by atoms with Crippen molar-refractivity contribution in [2.45, 2.75) is 51.6 Å². The highest BCUT2D eigenvalue weighted by atomic mass is 16.2. The molecule has 0 saturated heterocycles. The standard InChI is InChI=1S/C25H31N3O2/c1-5-24(29)27-21-11-12-22(16-21)28(4)25(30)20-9-7-19(8-10-20)17(2)6-13-23-18(3)14-15-26-23/h6-10,13-15,21-22,26H,3,5,11-12,16H2,1-2,4H3,(H,27,29)/b17-6+,23-13+/t21-,22+/m0/s1. The molecule has 2 atom stereocenters. The average Bonchev–Trinajstić information content (AvgIpc) is 3.39. The van der Waals surface area contributed by atoms with E-state index in [1.54, 1.807) is 0 Å². The maximum absolute atomic E-state index is 12.9. The molecule has 158 valence electrons. The van der Waals surface area contributed by atoms with Crippen LogP contribution in [-0.2, 0) is 4.79 Å². The predicted octanol–water partition coefficient (Wildman–Crippen LogP) is 2.83. The number of nitrogens with one attached hydrogen (secondary N) is 2. The van der Waals surface area contributed by atoms with Crippen molar-refractivity contribution in [2.75, 3.05) is 7.05 Å². The maximum Gasteiger partial charge on any atom is 0.253 e. The van der Waals surface area contributed by atoms with Gasteiger partial charge in [-0.2, -0.15) is 0 Å². The number of hydrogen-bond acceptors (Lipinski definition) is 2. The van der Waals surface area contributed by atoms with Gasteiger partial charge in [-0.25, -0.2) is 0 Å². The quantitative estimate of drug-likeness (QED) is 0.776. The van der Waals surface area contributed by atoms with Crippen LogP contribution in [-0.4, -0.2) is 40.8 Å². The minimum Gasteiger partial charge on any atom is -0.361 e. The van der Waals surface area contributed by atoms with Gasteiger partial charge in [0.1, 0.15) is 0 Å². The molecule has 1 saturated carbocycles. The number of hydrogen-bond donors (Lipinski definition) is 2. The van der Waals surface area contributed by atoms with Crippen molar-refractivity contribution in [3.8, 4) is 0 Å². The molecule has 5 nitrogen and oxygen atoms in total. The molecule has 0 radical (unpaired) electrons. The van der Waals surface area contributed by atoms with Crippen LogP contribution in [0.25, 0.3) is 18.2 Å². The Kier molecular flexibility index (Phi) is 6.93. The van der Waals surface area contributed by atoms with Crippen molar-refractivity contribution in [3.63, 3.8) is 0 Å². The number of benzene rings is 1. The summed E-state index contributed by atoms with van der Waals surface area (Å²) in [4.78, 5) is 29.5. The van der Waals surface area contributed by atoms with Gasteiger partial charge in [-0.05, 0) is 66.8 Å². The number of H-pyrrole nitrogens is 1. The average molecular weight is 406 g/mol. The zero-order chi connectivity index (χ0) is 21.7. The number of carbonyl (C=O) groups is 2. The molecule has 1 aliphatic rings. The number of nitrogens with zero attached hydrogens (tertiary/aromatic N) is 1. The van der Waals surface area contributed by atoms with Gasteiger partial charge >= 0.3 is 0 Å². The van der Waals surface area contributed by atoms with Crippen molar-refractivity contribution < 1.29 is 9.59 Å². The van der Waals surface area contributed by atoms with Gasteiger partial charge in [0, 0.05) is 42.7 Å². The molecule has 1 aliphatic carbocycles. The van der Waals surface area contributed by atoms with E-state index in [0.717, 1.165) is 41.0 Å². The van der Waals surface area contributed by atoms with Crippen LogP contribution in [0.5, 0.6) is 0 Å². The van der Waals surface area contributed by atoms with Crippen LogP contribution >= 0.6 is 0 Å². The Morgan fingerprint density at radius 2 is 1.90 bits per heavy atom. The predicted molar refractivity (Wildman–Crippen MR) is 122 cm³/mol. The summed E-state index contributed by atoms with van der Waals surface area (Å²) in [6.45, 7) is 7.89. The van der Waals surface area contributed by atoms with E-state index in [4.69, 9.17) is 0 Å². The molecule has 3 rings (SSSR count). The molecule has 0 bridgehead atoms. The van der Waals surface area contributed by atoms with Crippen LogP contribution < -0.4 is 15.9 Å². The van der Waals surface area contributed by atoms with Gasteiger partial charge in [-0.1, -0.05) is 31.7 Å².